The Kier molecular flexibility index (Phi) is 5.01. The average molecular weight is 366 g/mol. The third-order valence-electron chi connectivity index (χ3n) is 3.84. The maximum Gasteiger partial charge on any atom is 0.339 e. The lowest BCUT2D eigenvalue weighted by Crippen LogP contribution is -2.23. The van der Waals surface area contributed by atoms with E-state index in [9.17, 15) is 24.9 Å². The van der Waals surface area contributed by atoms with Gasteiger partial charge >= 0.3 is 11.9 Å². The van der Waals surface area contributed by atoms with E-state index < -0.39 is 31.2 Å². The van der Waals surface area contributed by atoms with Crippen LogP contribution < -0.4 is 15.9 Å². The first-order valence-electron chi connectivity index (χ1n) is 7.73. The molecule has 0 aliphatic heterocycles. The highest BCUT2D eigenvalue weighted by Gasteiger charge is 2.25. The van der Waals surface area contributed by atoms with Gasteiger partial charge in [0.2, 0.25) is 0 Å². The summed E-state index contributed by atoms with van der Waals surface area (Å²) in [4.78, 5) is 23.0. The average Bonchev–Trinajstić information content (AvgIpc) is 2.64. The van der Waals surface area contributed by atoms with Crippen LogP contribution in [-0.4, -0.2) is 27.3 Å². The number of carbonyl (C=O) groups is 2. The summed E-state index contributed by atoms with van der Waals surface area (Å²) < 4.78 is 0. The molecule has 3 rings (SSSR count). The Morgan fingerprint density at radius 3 is 1.65 bits per heavy atom. The Bertz CT molecular complexity index is 915. The molecule has 3 N–H and O–H groups in total. The summed E-state index contributed by atoms with van der Waals surface area (Å²) in [6.45, 7) is 0. The molecule has 0 saturated carbocycles. The maximum atomic E-state index is 11.5. The molecule has 6 heteroatoms. The molecule has 0 fully saturated rings. The predicted molar refractivity (Wildman–Crippen MR) is 101 cm³/mol. The molecule has 0 aliphatic rings. The van der Waals surface area contributed by atoms with E-state index in [0.29, 0.717) is 5.30 Å². The van der Waals surface area contributed by atoms with Crippen molar-refractivity contribution in [1.29, 1.82) is 0 Å². The van der Waals surface area contributed by atoms with Crippen molar-refractivity contribution in [3.05, 3.63) is 83.9 Å². The first kappa shape index (κ1) is 17.6. The Morgan fingerprint density at radius 1 is 0.731 bits per heavy atom. The first-order chi connectivity index (χ1) is 12.5. The van der Waals surface area contributed by atoms with Crippen LogP contribution in [0.2, 0.25) is 0 Å². The molecule has 0 aromatic heterocycles. The fraction of sp³-hybridized carbons (Fsp3) is 0. The smallest absolute Gasteiger partial charge is 0.339 e. The Labute approximate surface area is 150 Å². The normalized spacial score (nSPS) is 10.7. The van der Waals surface area contributed by atoms with Crippen LogP contribution in [0.4, 0.5) is 0 Å². The van der Waals surface area contributed by atoms with E-state index in [1.165, 1.54) is 6.07 Å². The topological polar surface area (TPSA) is 94.8 Å². The number of benzene rings is 3. The zero-order valence-electron chi connectivity index (χ0n) is 13.5. The molecule has 0 saturated heterocycles. The third-order valence-corrected chi connectivity index (χ3v) is 6.29. The molecule has 0 bridgehead atoms. The Morgan fingerprint density at radius 2 is 1.23 bits per heavy atom. The van der Waals surface area contributed by atoms with Gasteiger partial charge in [0.25, 0.3) is 0 Å². The van der Waals surface area contributed by atoms with Gasteiger partial charge in [-0.25, -0.2) is 9.59 Å². The van der Waals surface area contributed by atoms with E-state index in [2.05, 4.69) is 0 Å². The van der Waals surface area contributed by atoms with E-state index in [1.807, 2.05) is 60.7 Å². The SMILES string of the molecule is O=C(O)c1cc(C(=O)O)c(O)c(P(c2ccccc2)c2ccccc2)c1. The second-order valence-corrected chi connectivity index (χ2v) is 7.69. The van der Waals surface area contributed by atoms with Crippen molar-refractivity contribution in [1.82, 2.24) is 0 Å². The zero-order chi connectivity index (χ0) is 18.7. The highest BCUT2D eigenvalue weighted by atomic mass is 31.1. The number of hydrogen-bond acceptors (Lipinski definition) is 3. The van der Waals surface area contributed by atoms with Crippen molar-refractivity contribution >= 4 is 35.8 Å². The van der Waals surface area contributed by atoms with Crippen molar-refractivity contribution in [2.75, 3.05) is 0 Å². The fourth-order valence-electron chi connectivity index (χ4n) is 2.66. The van der Waals surface area contributed by atoms with Crippen molar-refractivity contribution in [3.63, 3.8) is 0 Å². The molecule has 0 amide bonds. The van der Waals surface area contributed by atoms with Gasteiger partial charge in [-0.3, -0.25) is 0 Å². The molecule has 26 heavy (non-hydrogen) atoms. The van der Waals surface area contributed by atoms with Gasteiger partial charge in [0.15, 0.2) is 0 Å². The second kappa shape index (κ2) is 7.38. The number of rotatable bonds is 5. The molecule has 3 aromatic rings. The molecular formula is C20H15O5P. The van der Waals surface area contributed by atoms with Crippen molar-refractivity contribution < 1.29 is 24.9 Å². The molecular weight excluding hydrogens is 351 g/mol. The lowest BCUT2D eigenvalue weighted by Gasteiger charge is -2.21. The van der Waals surface area contributed by atoms with E-state index in [1.54, 1.807) is 0 Å². The minimum Gasteiger partial charge on any atom is -0.506 e. The van der Waals surface area contributed by atoms with Crippen LogP contribution in [0.5, 0.6) is 5.75 Å². The van der Waals surface area contributed by atoms with Crippen LogP contribution in [0, 0.1) is 0 Å². The third kappa shape index (κ3) is 3.44. The van der Waals surface area contributed by atoms with Gasteiger partial charge < -0.3 is 15.3 Å². The predicted octanol–water partition coefficient (Wildman–Crippen LogP) is 2.55. The minimum absolute atomic E-state index is 0.172. The lowest BCUT2D eigenvalue weighted by molar-refractivity contribution is 0.0693. The number of hydrogen-bond donors (Lipinski definition) is 3. The molecule has 0 radical (unpaired) electrons. The van der Waals surface area contributed by atoms with E-state index in [-0.39, 0.29) is 5.56 Å². The molecule has 0 unspecified atom stereocenters. The molecule has 0 spiro atoms. The quantitative estimate of drug-likeness (QED) is 0.603. The number of carboxylic acid groups (broad SMARTS) is 2. The monoisotopic (exact) mass is 366 g/mol. The van der Waals surface area contributed by atoms with Crippen molar-refractivity contribution in [2.24, 2.45) is 0 Å². The summed E-state index contributed by atoms with van der Waals surface area (Å²) in [7, 11) is -1.33. The molecule has 0 heterocycles. The molecule has 130 valence electrons. The van der Waals surface area contributed by atoms with Gasteiger partial charge in [0.05, 0.1) is 5.56 Å². The van der Waals surface area contributed by atoms with E-state index in [0.717, 1.165) is 16.7 Å². The van der Waals surface area contributed by atoms with E-state index >= 15 is 0 Å². The summed E-state index contributed by atoms with van der Waals surface area (Å²) in [5, 5.41) is 31.4. The van der Waals surface area contributed by atoms with Crippen LogP contribution in [0.15, 0.2) is 72.8 Å². The van der Waals surface area contributed by atoms with E-state index in [4.69, 9.17) is 0 Å². The van der Waals surface area contributed by atoms with Gasteiger partial charge in [-0.15, -0.1) is 0 Å². The highest BCUT2D eigenvalue weighted by molar-refractivity contribution is 7.80. The van der Waals surface area contributed by atoms with Gasteiger partial charge in [0.1, 0.15) is 11.3 Å². The van der Waals surface area contributed by atoms with Gasteiger partial charge in [-0.1, -0.05) is 60.7 Å². The molecule has 5 nitrogen and oxygen atoms in total. The van der Waals surface area contributed by atoms with Crippen LogP contribution >= 0.6 is 7.92 Å². The molecule has 3 aromatic carbocycles. The summed E-state index contributed by atoms with van der Waals surface area (Å²) in [6.07, 6.45) is 0. The standard InChI is InChI=1S/C20H15O5P/c21-18-16(20(24)25)11-13(19(22)23)12-17(18)26(14-7-3-1-4-8-14)15-9-5-2-6-10-15/h1-12,21H,(H,22,23)(H,24,25). The second-order valence-electron chi connectivity index (χ2n) is 5.51. The number of aromatic carboxylic acids is 2. The summed E-state index contributed by atoms with van der Waals surface area (Å²) in [6, 6.07) is 21.0. The maximum absolute atomic E-state index is 11.5. The summed E-state index contributed by atoms with van der Waals surface area (Å²) >= 11 is 0. The van der Waals surface area contributed by atoms with Crippen LogP contribution in [0.1, 0.15) is 20.7 Å². The molecule has 0 aliphatic carbocycles. The zero-order valence-corrected chi connectivity index (χ0v) is 14.4. The lowest BCUT2D eigenvalue weighted by atomic mass is 10.1. The first-order valence-corrected chi connectivity index (χ1v) is 9.07. The summed E-state index contributed by atoms with van der Waals surface area (Å²) in [5.41, 5.74) is -0.589. The largest absolute Gasteiger partial charge is 0.506 e. The Hall–Kier alpha value is -3.17. The van der Waals surface area contributed by atoms with Crippen LogP contribution in [-0.2, 0) is 0 Å². The number of phenols is 1. The van der Waals surface area contributed by atoms with Crippen molar-refractivity contribution in [3.8, 4) is 5.75 Å². The summed E-state index contributed by atoms with van der Waals surface area (Å²) in [5.74, 6) is -3.02. The number of aromatic hydroxyl groups is 1. The van der Waals surface area contributed by atoms with Gasteiger partial charge in [-0.05, 0) is 30.7 Å². The van der Waals surface area contributed by atoms with Crippen molar-refractivity contribution in [2.45, 2.75) is 0 Å². The highest BCUT2D eigenvalue weighted by Crippen LogP contribution is 2.37. The molecule has 0 atom stereocenters. The van der Waals surface area contributed by atoms with Crippen LogP contribution in [0.25, 0.3) is 0 Å². The fourth-order valence-corrected chi connectivity index (χ4v) is 5.05. The van der Waals surface area contributed by atoms with Gasteiger partial charge in [-0.2, -0.15) is 0 Å². The van der Waals surface area contributed by atoms with Gasteiger partial charge in [0, 0.05) is 5.30 Å². The Balaban J connectivity index is 2.31. The number of carboxylic acids is 2. The minimum atomic E-state index is -1.37. The van der Waals surface area contributed by atoms with Crippen LogP contribution in [0.3, 0.4) is 0 Å².